The van der Waals surface area contributed by atoms with Crippen LogP contribution in [0.1, 0.15) is 84.7 Å². The van der Waals surface area contributed by atoms with E-state index >= 15 is 0 Å². The Labute approximate surface area is 298 Å². The van der Waals surface area contributed by atoms with E-state index in [1.54, 1.807) is 20.8 Å². The molecule has 276 valence electrons. The number of aryl methyl sites for hydroxylation is 1. The zero-order valence-electron chi connectivity index (χ0n) is 29.8. The predicted octanol–water partition coefficient (Wildman–Crippen LogP) is 2.65. The highest BCUT2D eigenvalue weighted by molar-refractivity contribution is 7.91. The topological polar surface area (TPSA) is 195 Å². The summed E-state index contributed by atoms with van der Waals surface area (Å²) in [7, 11) is -3.89. The van der Waals surface area contributed by atoms with Gasteiger partial charge in [-0.1, -0.05) is 58.9 Å². The average molecular weight is 725 g/mol. The Morgan fingerprint density at radius 2 is 1.92 bits per heavy atom. The molecule has 3 heterocycles. The Bertz CT molecular complexity index is 1830. The number of rotatable bonds is 6. The highest BCUT2D eigenvalue weighted by Gasteiger charge is 2.62. The number of hydrogen-bond acceptors (Lipinski definition) is 10. The fourth-order valence-corrected chi connectivity index (χ4v) is 8.30. The summed E-state index contributed by atoms with van der Waals surface area (Å²) in [5.74, 6) is -2.13. The zero-order chi connectivity index (χ0) is 36.9. The van der Waals surface area contributed by atoms with Crippen molar-refractivity contribution in [2.24, 2.45) is 16.7 Å². The summed E-state index contributed by atoms with van der Waals surface area (Å²) < 4.78 is 33.2. The molecule has 4 aliphatic rings. The van der Waals surface area contributed by atoms with Gasteiger partial charge in [-0.15, -0.1) is 16.8 Å². The number of aromatic nitrogens is 4. The summed E-state index contributed by atoms with van der Waals surface area (Å²) in [6, 6.07) is 5.09. The number of cyclic esters (lactones) is 1. The third kappa shape index (κ3) is 7.80. The van der Waals surface area contributed by atoms with Gasteiger partial charge in [0, 0.05) is 24.4 Å². The highest BCUT2D eigenvalue weighted by atomic mass is 32.2. The molecule has 0 radical (unpaired) electrons. The Balaban J connectivity index is 1.33. The van der Waals surface area contributed by atoms with Crippen molar-refractivity contribution in [3.05, 3.63) is 42.5 Å². The number of alkyl carbamates (subject to hydrolysis) is 1. The van der Waals surface area contributed by atoms with Crippen LogP contribution < -0.4 is 15.4 Å². The molecule has 3 fully saturated rings. The molecule has 1 aromatic carbocycles. The smallest absolute Gasteiger partial charge is 0.407 e. The summed E-state index contributed by atoms with van der Waals surface area (Å²) in [6.45, 7) is 13.4. The fourth-order valence-electron chi connectivity index (χ4n) is 6.93. The van der Waals surface area contributed by atoms with Gasteiger partial charge < -0.3 is 20.3 Å². The van der Waals surface area contributed by atoms with Gasteiger partial charge in [0.05, 0.1) is 17.9 Å². The van der Waals surface area contributed by atoms with Crippen LogP contribution in [0.15, 0.2) is 36.9 Å². The molecule has 16 heteroatoms. The monoisotopic (exact) mass is 724 g/mol. The second-order valence-corrected chi connectivity index (χ2v) is 18.2. The molecule has 1 saturated heterocycles. The number of nitrogens with zero attached hydrogens (tertiary/aromatic N) is 5. The van der Waals surface area contributed by atoms with Crippen LogP contribution in [0.2, 0.25) is 0 Å². The van der Waals surface area contributed by atoms with Gasteiger partial charge in [0.25, 0.3) is 5.91 Å². The van der Waals surface area contributed by atoms with Crippen LogP contribution in [0.3, 0.4) is 0 Å². The molecule has 4 amide bonds. The molecule has 2 saturated carbocycles. The SMILES string of the molecule is C=C[C@@H]1C[C@]1(NC(=O)[C@@H]1C[C@@H]2CN1C(=O)[C@H](C(C)(C)C)NC(=O)OCC(C)(C)CCCc1cccc(c1)-c1nnn2n1)C(=O)NS(=O)(=O)C1CC1. The van der Waals surface area contributed by atoms with Crippen molar-refractivity contribution in [2.45, 2.75) is 108 Å². The van der Waals surface area contributed by atoms with Crippen LogP contribution >= 0.6 is 0 Å². The van der Waals surface area contributed by atoms with E-state index in [0.717, 1.165) is 30.4 Å². The second kappa shape index (κ2) is 13.3. The number of nitrogens with one attached hydrogen (secondary N) is 3. The minimum absolute atomic E-state index is 0.00322. The van der Waals surface area contributed by atoms with Crippen molar-refractivity contribution < 1.29 is 32.3 Å². The Kier molecular flexibility index (Phi) is 9.53. The van der Waals surface area contributed by atoms with E-state index < -0.39 is 74.1 Å². The van der Waals surface area contributed by atoms with Crippen molar-refractivity contribution in [2.75, 3.05) is 13.2 Å². The van der Waals surface area contributed by atoms with E-state index in [1.807, 2.05) is 38.1 Å². The third-order valence-electron chi connectivity index (χ3n) is 10.3. The summed E-state index contributed by atoms with van der Waals surface area (Å²) in [4.78, 5) is 58.2. The molecule has 6 rings (SSSR count). The van der Waals surface area contributed by atoms with Crippen LogP contribution in [-0.4, -0.2) is 93.4 Å². The van der Waals surface area contributed by atoms with Crippen molar-refractivity contribution in [3.63, 3.8) is 0 Å². The van der Waals surface area contributed by atoms with Gasteiger partial charge in [0.15, 0.2) is 0 Å². The molecule has 15 nitrogen and oxygen atoms in total. The zero-order valence-corrected chi connectivity index (χ0v) is 30.7. The Morgan fingerprint density at radius 3 is 2.59 bits per heavy atom. The number of carbonyl (C=O) groups excluding carboxylic acids is 4. The molecule has 2 aromatic rings. The minimum atomic E-state index is -3.89. The first-order chi connectivity index (χ1) is 23.9. The molecule has 51 heavy (non-hydrogen) atoms. The lowest BCUT2D eigenvalue weighted by molar-refractivity contribution is -0.142. The minimum Gasteiger partial charge on any atom is -0.449 e. The number of carbonyl (C=O) groups is 4. The standard InChI is InChI=1S/C35H48N8O7S/c1-7-23-18-35(23,31(46)40-51(48,49)25-13-14-25)37-29(44)26-17-24-19-42(26)30(45)27(33(2,3)4)36-32(47)50-20-34(5,6)15-9-11-21-10-8-12-22(16-21)28-38-41-43(24)39-28/h7-8,10,12,16,23-27H,1,9,11,13-15,17-20H2,2-6H3,(H,36,47)(H,37,44)(H,40,46)/t23-,24-,26+,27-,35-/m1/s1. The number of amides is 4. The normalized spacial score (nSPS) is 28.3. The highest BCUT2D eigenvalue weighted by Crippen LogP contribution is 2.46. The van der Waals surface area contributed by atoms with E-state index in [4.69, 9.17) is 4.74 Å². The maximum atomic E-state index is 14.5. The van der Waals surface area contributed by atoms with E-state index in [-0.39, 0.29) is 31.4 Å². The van der Waals surface area contributed by atoms with Crippen LogP contribution in [0.4, 0.5) is 4.79 Å². The first-order valence-electron chi connectivity index (χ1n) is 17.6. The van der Waals surface area contributed by atoms with Gasteiger partial charge in [0.2, 0.25) is 27.7 Å². The molecule has 2 aliphatic heterocycles. The molecule has 3 N–H and O–H groups in total. The maximum absolute atomic E-state index is 14.5. The number of fused-ring (bicyclic) bond motifs is 8. The second-order valence-electron chi connectivity index (χ2n) is 16.2. The lowest BCUT2D eigenvalue weighted by Gasteiger charge is -2.35. The lowest BCUT2D eigenvalue weighted by Crippen LogP contribution is -2.60. The van der Waals surface area contributed by atoms with Gasteiger partial charge >= 0.3 is 6.09 Å². The molecule has 5 atom stereocenters. The van der Waals surface area contributed by atoms with Gasteiger partial charge in [-0.2, -0.15) is 4.80 Å². The molecule has 1 aromatic heterocycles. The number of hydrogen-bond donors (Lipinski definition) is 3. The Hall–Kier alpha value is -4.34. The lowest BCUT2D eigenvalue weighted by atomic mass is 9.85. The summed E-state index contributed by atoms with van der Waals surface area (Å²) in [5, 5.41) is 18.2. The van der Waals surface area contributed by atoms with Gasteiger partial charge in [-0.25, -0.2) is 13.2 Å². The first-order valence-corrected chi connectivity index (χ1v) is 19.1. The van der Waals surface area contributed by atoms with Crippen LogP contribution in [-0.2, 0) is 35.6 Å². The third-order valence-corrected chi connectivity index (χ3v) is 12.2. The van der Waals surface area contributed by atoms with Crippen molar-refractivity contribution >= 4 is 33.8 Å². The number of tetrazole rings is 1. The summed E-state index contributed by atoms with van der Waals surface area (Å²) >= 11 is 0. The predicted molar refractivity (Wildman–Crippen MR) is 186 cm³/mol. The van der Waals surface area contributed by atoms with E-state index in [9.17, 15) is 27.6 Å². The Morgan fingerprint density at radius 1 is 1.18 bits per heavy atom. The van der Waals surface area contributed by atoms with E-state index in [0.29, 0.717) is 18.7 Å². The van der Waals surface area contributed by atoms with Gasteiger partial charge in [-0.3, -0.25) is 19.1 Å². The van der Waals surface area contributed by atoms with Crippen molar-refractivity contribution in [1.82, 2.24) is 40.5 Å². The van der Waals surface area contributed by atoms with Crippen LogP contribution in [0.5, 0.6) is 0 Å². The number of benzene rings is 1. The number of ether oxygens (including phenoxy) is 1. The molecular weight excluding hydrogens is 677 g/mol. The maximum Gasteiger partial charge on any atom is 0.407 e. The van der Waals surface area contributed by atoms with Gasteiger partial charge in [-0.05, 0) is 66.2 Å². The molecule has 0 spiro atoms. The molecular formula is C35H48N8O7S. The average Bonchev–Trinajstić information content (AvgIpc) is 3.94. The van der Waals surface area contributed by atoms with Crippen molar-refractivity contribution in [3.8, 4) is 11.4 Å². The largest absolute Gasteiger partial charge is 0.449 e. The van der Waals surface area contributed by atoms with Crippen molar-refractivity contribution in [1.29, 1.82) is 0 Å². The van der Waals surface area contributed by atoms with E-state index in [2.05, 4.69) is 37.3 Å². The number of sulfonamides is 1. The molecule has 6 bridgehead atoms. The molecule has 2 aliphatic carbocycles. The molecule has 0 unspecified atom stereocenters. The van der Waals surface area contributed by atoms with Gasteiger partial charge in [0.1, 0.15) is 17.6 Å². The van der Waals surface area contributed by atoms with Crippen LogP contribution in [0.25, 0.3) is 11.4 Å². The van der Waals surface area contributed by atoms with E-state index in [1.165, 1.54) is 15.8 Å². The summed E-state index contributed by atoms with van der Waals surface area (Å²) in [6.07, 6.45) is 4.34. The first kappa shape index (κ1) is 36.5. The quantitative estimate of drug-likeness (QED) is 0.373. The van der Waals surface area contributed by atoms with Crippen LogP contribution in [0, 0.1) is 16.7 Å². The fraction of sp³-hybridized carbons (Fsp3) is 0.629. The summed E-state index contributed by atoms with van der Waals surface area (Å²) in [5.41, 5.74) is -0.795.